The first-order valence-electron chi connectivity index (χ1n) is 14.5. The number of primary sulfonamides is 1. The molecule has 228 valence electrons. The van der Waals surface area contributed by atoms with E-state index < -0.39 is 10.0 Å². The van der Waals surface area contributed by atoms with E-state index in [-0.39, 0.29) is 28.5 Å². The van der Waals surface area contributed by atoms with Crippen LogP contribution in [0.15, 0.2) is 84.0 Å². The standard InChI is InChI=1S/C25H26FN3O.C6H6ClNO2S.C2H6/c1-28-13-12-27-24(28)16-29(21-11-8-17-4-2-3-5-19(17)14-21)25(30)23-15-22(23)18-6-9-20(26)10-7-18;7-5-2-1-3-6(4-5)11(8,9)10;1-2/h6-14,22-23H,2-5,15-16H2,1H3;1-4H,(H2,8,9,10);1-2H3. The Labute approximate surface area is 258 Å². The van der Waals surface area contributed by atoms with Gasteiger partial charge >= 0.3 is 0 Å². The van der Waals surface area contributed by atoms with Gasteiger partial charge in [0.05, 0.1) is 11.4 Å². The van der Waals surface area contributed by atoms with Crippen molar-refractivity contribution in [3.63, 3.8) is 0 Å². The molecule has 0 radical (unpaired) electrons. The van der Waals surface area contributed by atoms with Crippen molar-refractivity contribution in [3.8, 4) is 0 Å². The minimum Gasteiger partial charge on any atom is -0.337 e. The van der Waals surface area contributed by atoms with Crippen LogP contribution in [0, 0.1) is 11.7 Å². The van der Waals surface area contributed by atoms with Gasteiger partial charge in [-0.2, -0.15) is 0 Å². The van der Waals surface area contributed by atoms with Crippen molar-refractivity contribution < 1.29 is 17.6 Å². The Morgan fingerprint density at radius 3 is 2.35 bits per heavy atom. The van der Waals surface area contributed by atoms with Gasteiger partial charge in [0.15, 0.2) is 0 Å². The summed E-state index contributed by atoms with van der Waals surface area (Å²) in [4.78, 5) is 19.9. The zero-order chi connectivity index (χ0) is 31.1. The summed E-state index contributed by atoms with van der Waals surface area (Å²) >= 11 is 5.53. The molecule has 43 heavy (non-hydrogen) atoms. The molecule has 2 atom stereocenters. The quantitative estimate of drug-likeness (QED) is 0.255. The predicted octanol–water partition coefficient (Wildman–Crippen LogP) is 6.79. The Hall–Kier alpha value is -3.53. The molecule has 2 N–H and O–H groups in total. The molecule has 6 rings (SSSR count). The summed E-state index contributed by atoms with van der Waals surface area (Å²) in [7, 11) is -1.66. The smallest absolute Gasteiger partial charge is 0.238 e. The van der Waals surface area contributed by atoms with E-state index >= 15 is 0 Å². The third-order valence-corrected chi connectivity index (χ3v) is 8.81. The normalized spacial score (nSPS) is 17.0. The Kier molecular flexibility index (Phi) is 10.8. The fraction of sp³-hybridized carbons (Fsp3) is 0.333. The number of nitrogens with two attached hydrogens (primary N) is 1. The summed E-state index contributed by atoms with van der Waals surface area (Å²) in [6, 6.07) is 18.8. The van der Waals surface area contributed by atoms with Crippen LogP contribution in [-0.4, -0.2) is 23.9 Å². The number of carbonyl (C=O) groups excluding carboxylic acids is 1. The number of hydrogen-bond donors (Lipinski definition) is 1. The molecule has 2 unspecified atom stereocenters. The van der Waals surface area contributed by atoms with E-state index in [1.54, 1.807) is 24.4 Å². The lowest BCUT2D eigenvalue weighted by Gasteiger charge is -2.25. The van der Waals surface area contributed by atoms with Gasteiger partial charge in [0.25, 0.3) is 0 Å². The number of imidazole rings is 1. The fourth-order valence-electron chi connectivity index (χ4n) is 5.26. The molecule has 2 aliphatic rings. The maximum atomic E-state index is 13.6. The molecule has 2 aliphatic carbocycles. The topological polar surface area (TPSA) is 98.3 Å². The van der Waals surface area contributed by atoms with Gasteiger partial charge in [-0.3, -0.25) is 4.79 Å². The lowest BCUT2D eigenvalue weighted by Crippen LogP contribution is -2.33. The second-order valence-electron chi connectivity index (χ2n) is 10.5. The van der Waals surface area contributed by atoms with Crippen LogP contribution in [0.1, 0.15) is 61.5 Å². The number of rotatable bonds is 6. The molecule has 10 heteroatoms. The zero-order valence-electron chi connectivity index (χ0n) is 24.7. The maximum absolute atomic E-state index is 13.6. The van der Waals surface area contributed by atoms with Crippen molar-refractivity contribution in [1.82, 2.24) is 9.55 Å². The Bertz CT molecular complexity index is 1660. The van der Waals surface area contributed by atoms with Crippen molar-refractivity contribution >= 4 is 33.2 Å². The minimum atomic E-state index is -3.61. The average molecular weight is 625 g/mol. The second kappa shape index (κ2) is 14.3. The van der Waals surface area contributed by atoms with Gasteiger partial charge in [0.2, 0.25) is 15.9 Å². The Morgan fingerprint density at radius 2 is 1.74 bits per heavy atom. The number of anilines is 1. The van der Waals surface area contributed by atoms with Crippen LogP contribution in [0.5, 0.6) is 0 Å². The number of benzene rings is 3. The van der Waals surface area contributed by atoms with Crippen molar-refractivity contribution in [3.05, 3.63) is 112 Å². The summed E-state index contributed by atoms with van der Waals surface area (Å²) < 4.78 is 36.6. The molecule has 1 fully saturated rings. The zero-order valence-corrected chi connectivity index (χ0v) is 26.3. The molecule has 1 aromatic heterocycles. The van der Waals surface area contributed by atoms with Crippen LogP contribution in [-0.2, 0) is 41.3 Å². The van der Waals surface area contributed by atoms with Crippen molar-refractivity contribution in [2.75, 3.05) is 4.90 Å². The van der Waals surface area contributed by atoms with Gasteiger partial charge in [-0.25, -0.2) is 22.9 Å². The number of amides is 1. The molecule has 1 saturated carbocycles. The van der Waals surface area contributed by atoms with Crippen molar-refractivity contribution in [2.45, 2.75) is 63.3 Å². The van der Waals surface area contributed by atoms with Gasteiger partial charge in [0.1, 0.15) is 11.6 Å². The first-order chi connectivity index (χ1) is 20.6. The molecular weight excluding hydrogens is 587 g/mol. The third kappa shape index (κ3) is 8.31. The minimum absolute atomic E-state index is 0.0324. The molecule has 0 saturated heterocycles. The highest BCUT2D eigenvalue weighted by molar-refractivity contribution is 7.89. The molecule has 0 aliphatic heterocycles. The van der Waals surface area contributed by atoms with Gasteiger partial charge in [-0.15, -0.1) is 0 Å². The van der Waals surface area contributed by atoms with Gasteiger partial charge in [-0.1, -0.05) is 49.7 Å². The third-order valence-electron chi connectivity index (χ3n) is 7.66. The number of sulfonamides is 1. The number of fused-ring (bicyclic) bond motifs is 1. The maximum Gasteiger partial charge on any atom is 0.238 e. The van der Waals surface area contributed by atoms with E-state index in [1.807, 2.05) is 36.6 Å². The van der Waals surface area contributed by atoms with Gasteiger partial charge in [0, 0.05) is 36.1 Å². The van der Waals surface area contributed by atoms with Crippen molar-refractivity contribution in [2.24, 2.45) is 18.1 Å². The van der Waals surface area contributed by atoms with E-state index in [0.717, 1.165) is 36.3 Å². The van der Waals surface area contributed by atoms with E-state index in [0.29, 0.717) is 11.6 Å². The van der Waals surface area contributed by atoms with E-state index in [9.17, 15) is 17.6 Å². The van der Waals surface area contributed by atoms with Crippen LogP contribution in [0.3, 0.4) is 0 Å². The molecule has 1 amide bonds. The predicted molar refractivity (Wildman–Crippen MR) is 169 cm³/mol. The summed E-state index contributed by atoms with van der Waals surface area (Å²) in [5.74, 6) is 0.849. The number of aryl methyl sites for hydroxylation is 3. The van der Waals surface area contributed by atoms with Gasteiger partial charge in [-0.05, 0) is 97.2 Å². The number of halogens is 2. The molecule has 4 aromatic rings. The summed E-state index contributed by atoms with van der Waals surface area (Å²) in [5, 5.41) is 5.20. The molecule has 3 aromatic carbocycles. The van der Waals surface area contributed by atoms with Crippen molar-refractivity contribution in [1.29, 1.82) is 0 Å². The molecule has 0 bridgehead atoms. The largest absolute Gasteiger partial charge is 0.337 e. The van der Waals surface area contributed by atoms with Crippen LogP contribution in [0.4, 0.5) is 10.1 Å². The highest BCUT2D eigenvalue weighted by Crippen LogP contribution is 2.49. The van der Waals surface area contributed by atoms with Crippen LogP contribution >= 0.6 is 11.6 Å². The number of hydrogen-bond acceptors (Lipinski definition) is 4. The Morgan fingerprint density at radius 1 is 1.05 bits per heavy atom. The summed E-state index contributed by atoms with van der Waals surface area (Å²) in [6.45, 7) is 4.45. The molecule has 7 nitrogen and oxygen atoms in total. The molecule has 1 heterocycles. The average Bonchev–Trinajstić information content (AvgIpc) is 3.70. The first-order valence-corrected chi connectivity index (χ1v) is 16.5. The lowest BCUT2D eigenvalue weighted by molar-refractivity contribution is -0.120. The SMILES string of the molecule is CC.Cn1ccnc1CN(C(=O)C1CC1c1ccc(F)cc1)c1ccc2c(c1)CCCC2.NS(=O)(=O)c1cccc(Cl)c1. The number of aromatic nitrogens is 2. The van der Waals surface area contributed by atoms with Gasteiger partial charge < -0.3 is 9.47 Å². The number of carbonyl (C=O) groups is 1. The first kappa shape index (κ1) is 32.4. The molecular formula is C33H38ClFN4O3S. The lowest BCUT2D eigenvalue weighted by atomic mass is 9.91. The van der Waals surface area contributed by atoms with Crippen LogP contribution in [0.25, 0.3) is 0 Å². The van der Waals surface area contributed by atoms with Crippen LogP contribution < -0.4 is 10.0 Å². The van der Waals surface area contributed by atoms with E-state index in [1.165, 1.54) is 54.3 Å². The summed E-state index contributed by atoms with van der Waals surface area (Å²) in [5.41, 5.74) is 4.76. The molecule has 0 spiro atoms. The highest BCUT2D eigenvalue weighted by atomic mass is 35.5. The summed E-state index contributed by atoms with van der Waals surface area (Å²) in [6.07, 6.45) is 9.13. The number of nitrogens with zero attached hydrogens (tertiary/aromatic N) is 3. The second-order valence-corrected chi connectivity index (χ2v) is 12.5. The van der Waals surface area contributed by atoms with E-state index in [2.05, 4.69) is 23.2 Å². The Balaban J connectivity index is 0.000000274. The monoisotopic (exact) mass is 624 g/mol. The van der Waals surface area contributed by atoms with E-state index in [4.69, 9.17) is 16.7 Å². The fourth-order valence-corrected chi connectivity index (χ4v) is 6.08. The highest BCUT2D eigenvalue weighted by Gasteiger charge is 2.46. The van der Waals surface area contributed by atoms with Crippen LogP contribution in [0.2, 0.25) is 5.02 Å².